The number of carbonyl (C=O) groups is 1. The van der Waals surface area contributed by atoms with E-state index in [1.807, 2.05) is 37.4 Å². The molecule has 0 saturated carbocycles. The summed E-state index contributed by atoms with van der Waals surface area (Å²) in [6, 6.07) is 18.2. The van der Waals surface area contributed by atoms with Crippen LogP contribution >= 0.6 is 11.8 Å². The number of nitrogens with zero attached hydrogens (tertiary/aromatic N) is 2. The second kappa shape index (κ2) is 10.9. The van der Waals surface area contributed by atoms with Crippen LogP contribution in [-0.2, 0) is 11.2 Å². The highest BCUT2D eigenvalue weighted by molar-refractivity contribution is 7.98. The van der Waals surface area contributed by atoms with E-state index in [1.54, 1.807) is 18.3 Å². The maximum absolute atomic E-state index is 13.4. The van der Waals surface area contributed by atoms with Gasteiger partial charge in [-0.1, -0.05) is 49.9 Å². The lowest BCUT2D eigenvalue weighted by atomic mass is 9.96. The number of pyridine rings is 1. The molecule has 0 saturated heterocycles. The number of nitrogens with one attached hydrogen (secondary N) is 2. The Morgan fingerprint density at radius 1 is 1.03 bits per heavy atom. The zero-order chi connectivity index (χ0) is 24.9. The fourth-order valence-electron chi connectivity index (χ4n) is 3.93. The number of carbonyl (C=O) groups excluding carboxylic acids is 1. The predicted molar refractivity (Wildman–Crippen MR) is 141 cm³/mol. The molecule has 1 amide bonds. The first-order valence-corrected chi connectivity index (χ1v) is 12.8. The Labute approximate surface area is 209 Å². The lowest BCUT2D eigenvalue weighted by molar-refractivity contribution is -0.117. The molecular weight excluding hydrogens is 459 g/mol. The number of H-pyrrole nitrogens is 1. The molecule has 0 bridgehead atoms. The van der Waals surface area contributed by atoms with Crippen molar-refractivity contribution in [2.45, 2.75) is 38.3 Å². The number of halogens is 1. The van der Waals surface area contributed by atoms with E-state index >= 15 is 0 Å². The lowest BCUT2D eigenvalue weighted by Gasteiger charge is -2.14. The maximum Gasteiger partial charge on any atom is 0.232 e. The molecule has 2 heterocycles. The summed E-state index contributed by atoms with van der Waals surface area (Å²) in [6.07, 6.45) is 4.61. The molecule has 4 aromatic rings. The molecule has 7 heteroatoms. The van der Waals surface area contributed by atoms with E-state index in [1.165, 1.54) is 29.5 Å². The van der Waals surface area contributed by atoms with Gasteiger partial charge in [0.2, 0.25) is 5.91 Å². The Hall–Kier alpha value is -3.45. The molecule has 2 N–H and O–H groups in total. The summed E-state index contributed by atoms with van der Waals surface area (Å²) in [5.74, 6) is 0.304. The molecule has 2 aromatic carbocycles. The zero-order valence-corrected chi connectivity index (χ0v) is 21.1. The third kappa shape index (κ3) is 5.98. The van der Waals surface area contributed by atoms with Crippen molar-refractivity contribution in [2.24, 2.45) is 5.92 Å². The number of rotatable bonds is 8. The van der Waals surface area contributed by atoms with E-state index in [9.17, 15) is 9.18 Å². The van der Waals surface area contributed by atoms with Crippen LogP contribution in [0.3, 0.4) is 0 Å². The van der Waals surface area contributed by atoms with E-state index < -0.39 is 0 Å². The molecule has 0 aliphatic heterocycles. The van der Waals surface area contributed by atoms with Crippen LogP contribution in [0.25, 0.3) is 22.5 Å². The van der Waals surface area contributed by atoms with Crippen molar-refractivity contribution in [1.82, 2.24) is 15.0 Å². The Kier molecular flexibility index (Phi) is 7.66. The summed E-state index contributed by atoms with van der Waals surface area (Å²) in [6.45, 7) is 6.28. The average molecular weight is 489 g/mol. The zero-order valence-electron chi connectivity index (χ0n) is 20.3. The Balaban J connectivity index is 1.55. The number of hydrogen-bond donors (Lipinski definition) is 2. The van der Waals surface area contributed by atoms with Crippen LogP contribution in [0.15, 0.2) is 72.0 Å². The molecule has 0 unspecified atom stereocenters. The van der Waals surface area contributed by atoms with Crippen molar-refractivity contribution in [1.29, 1.82) is 0 Å². The minimum absolute atomic E-state index is 0.126. The number of thioether (sulfide) groups is 1. The number of imidazole rings is 1. The quantitative estimate of drug-likeness (QED) is 0.264. The van der Waals surface area contributed by atoms with Gasteiger partial charge in [-0.3, -0.25) is 4.79 Å². The van der Waals surface area contributed by atoms with Gasteiger partial charge in [-0.05, 0) is 73.0 Å². The first-order valence-electron chi connectivity index (χ1n) is 11.6. The molecule has 0 aliphatic rings. The highest BCUT2D eigenvalue weighted by atomic mass is 32.2. The molecule has 1 atom stereocenters. The van der Waals surface area contributed by atoms with Crippen LogP contribution in [0.1, 0.15) is 37.8 Å². The molecule has 0 radical (unpaired) electrons. The van der Waals surface area contributed by atoms with Crippen LogP contribution in [0.5, 0.6) is 0 Å². The van der Waals surface area contributed by atoms with Gasteiger partial charge in [-0.25, -0.2) is 14.4 Å². The number of aromatic nitrogens is 3. The topological polar surface area (TPSA) is 70.7 Å². The van der Waals surface area contributed by atoms with Gasteiger partial charge in [0, 0.05) is 17.3 Å². The van der Waals surface area contributed by atoms with Crippen LogP contribution < -0.4 is 5.32 Å². The standard InChI is InChI=1S/C28H29FN4OS/c1-17(2)15-19-5-7-20(8-6-19)18(3)27(34)31-24-16-22(13-14-30-24)26-25(32-28(33-26)35-4)21-9-11-23(29)12-10-21/h5-14,16-18H,15H2,1-4H3,(H,32,33)(H,30,31,34)/t18-/m0/s1. The molecule has 5 nitrogen and oxygen atoms in total. The third-order valence-electron chi connectivity index (χ3n) is 5.81. The molecular formula is C28H29FN4OS. The number of aromatic amines is 1. The number of benzene rings is 2. The monoisotopic (exact) mass is 488 g/mol. The number of amides is 1. The number of hydrogen-bond acceptors (Lipinski definition) is 4. The first-order chi connectivity index (χ1) is 16.8. The summed E-state index contributed by atoms with van der Waals surface area (Å²) in [5.41, 5.74) is 5.36. The van der Waals surface area contributed by atoms with Crippen molar-refractivity contribution in [3.05, 3.63) is 83.8 Å². The highest BCUT2D eigenvalue weighted by Gasteiger charge is 2.18. The van der Waals surface area contributed by atoms with Crippen molar-refractivity contribution >= 4 is 23.5 Å². The van der Waals surface area contributed by atoms with E-state index in [4.69, 9.17) is 0 Å². The van der Waals surface area contributed by atoms with Crippen molar-refractivity contribution < 1.29 is 9.18 Å². The molecule has 2 aromatic heterocycles. The van der Waals surface area contributed by atoms with Gasteiger partial charge in [0.25, 0.3) is 0 Å². The fourth-order valence-corrected chi connectivity index (χ4v) is 4.31. The molecule has 0 fully saturated rings. The smallest absolute Gasteiger partial charge is 0.232 e. The minimum Gasteiger partial charge on any atom is -0.332 e. The van der Waals surface area contributed by atoms with Gasteiger partial charge >= 0.3 is 0 Å². The highest BCUT2D eigenvalue weighted by Crippen LogP contribution is 2.33. The minimum atomic E-state index is -0.321. The SMILES string of the molecule is CSc1nc(-c2ccc(F)cc2)c(-c2ccnc(NC(=O)[C@@H](C)c3ccc(CC(C)C)cc3)c2)[nH]1. The van der Waals surface area contributed by atoms with Crippen LogP contribution in [-0.4, -0.2) is 27.1 Å². The fraction of sp³-hybridized carbons (Fsp3) is 0.250. The molecule has 0 spiro atoms. The van der Waals surface area contributed by atoms with Gasteiger partial charge in [-0.2, -0.15) is 0 Å². The predicted octanol–water partition coefficient (Wildman–Crippen LogP) is 6.94. The largest absolute Gasteiger partial charge is 0.332 e. The summed E-state index contributed by atoms with van der Waals surface area (Å²) in [7, 11) is 0. The van der Waals surface area contributed by atoms with Gasteiger partial charge in [0.1, 0.15) is 11.6 Å². The molecule has 0 aliphatic carbocycles. The van der Waals surface area contributed by atoms with Crippen molar-refractivity contribution in [3.8, 4) is 22.5 Å². The van der Waals surface area contributed by atoms with Gasteiger partial charge in [0.05, 0.1) is 17.3 Å². The summed E-state index contributed by atoms with van der Waals surface area (Å²) >= 11 is 1.49. The Morgan fingerprint density at radius 3 is 2.40 bits per heavy atom. The second-order valence-corrected chi connectivity index (χ2v) is 9.75. The van der Waals surface area contributed by atoms with E-state index in [0.29, 0.717) is 17.4 Å². The average Bonchev–Trinajstić information content (AvgIpc) is 3.29. The third-order valence-corrected chi connectivity index (χ3v) is 6.39. The summed E-state index contributed by atoms with van der Waals surface area (Å²) in [4.78, 5) is 25.3. The van der Waals surface area contributed by atoms with Crippen LogP contribution in [0.4, 0.5) is 10.2 Å². The number of anilines is 1. The van der Waals surface area contributed by atoms with Gasteiger partial charge in [-0.15, -0.1) is 0 Å². The molecule has 35 heavy (non-hydrogen) atoms. The van der Waals surface area contributed by atoms with E-state index in [-0.39, 0.29) is 17.6 Å². The van der Waals surface area contributed by atoms with Crippen LogP contribution in [0.2, 0.25) is 0 Å². The Bertz CT molecular complexity index is 1300. The molecule has 4 rings (SSSR count). The lowest BCUT2D eigenvalue weighted by Crippen LogP contribution is -2.19. The summed E-state index contributed by atoms with van der Waals surface area (Å²) < 4.78 is 13.4. The Morgan fingerprint density at radius 2 is 1.74 bits per heavy atom. The van der Waals surface area contributed by atoms with Gasteiger partial charge < -0.3 is 10.3 Å². The van der Waals surface area contributed by atoms with Crippen molar-refractivity contribution in [2.75, 3.05) is 11.6 Å². The maximum atomic E-state index is 13.4. The van der Waals surface area contributed by atoms with E-state index in [2.05, 4.69) is 46.2 Å². The second-order valence-electron chi connectivity index (χ2n) is 8.96. The first kappa shape index (κ1) is 24.7. The van der Waals surface area contributed by atoms with Crippen molar-refractivity contribution in [3.63, 3.8) is 0 Å². The molecule has 180 valence electrons. The van der Waals surface area contributed by atoms with E-state index in [0.717, 1.165) is 34.0 Å². The normalized spacial score (nSPS) is 12.1. The summed E-state index contributed by atoms with van der Waals surface area (Å²) in [5, 5.41) is 3.69. The van der Waals surface area contributed by atoms with Crippen LogP contribution in [0, 0.1) is 11.7 Å². The van der Waals surface area contributed by atoms with Gasteiger partial charge in [0.15, 0.2) is 5.16 Å².